The first-order valence-corrected chi connectivity index (χ1v) is 6.38. The molecule has 0 aliphatic heterocycles. The number of nitrogen functional groups attached to an aromatic ring is 1. The number of hydrogen-bond acceptors (Lipinski definition) is 5. The van der Waals surface area contributed by atoms with Crippen LogP contribution in [0.15, 0.2) is 18.2 Å². The van der Waals surface area contributed by atoms with Gasteiger partial charge < -0.3 is 11.1 Å². The zero-order valence-corrected chi connectivity index (χ0v) is 11.1. The number of pyridine rings is 1. The fourth-order valence-electron chi connectivity index (χ4n) is 1.57. The number of thiophene rings is 1. The Morgan fingerprint density at radius 1 is 1.44 bits per heavy atom. The topological polar surface area (TPSA) is 74.7 Å². The SMILES string of the molecule is Cc1cc(CNc2ccc(N)c(C#N)n2)sc1C. The molecule has 2 aromatic rings. The molecule has 3 N–H and O–H groups in total. The van der Waals surface area contributed by atoms with Crippen molar-refractivity contribution in [2.24, 2.45) is 0 Å². The summed E-state index contributed by atoms with van der Waals surface area (Å²) >= 11 is 1.77. The summed E-state index contributed by atoms with van der Waals surface area (Å²) in [4.78, 5) is 6.72. The van der Waals surface area contributed by atoms with Crippen molar-refractivity contribution >= 4 is 22.8 Å². The van der Waals surface area contributed by atoms with Crippen molar-refractivity contribution in [3.05, 3.63) is 39.2 Å². The Kier molecular flexibility index (Phi) is 3.49. The first-order chi connectivity index (χ1) is 8.60. The van der Waals surface area contributed by atoms with E-state index in [1.165, 1.54) is 15.3 Å². The minimum absolute atomic E-state index is 0.263. The van der Waals surface area contributed by atoms with Crippen LogP contribution in [0.5, 0.6) is 0 Å². The second kappa shape index (κ2) is 5.07. The largest absolute Gasteiger partial charge is 0.396 e. The molecule has 0 aliphatic carbocycles. The van der Waals surface area contributed by atoms with Crippen LogP contribution in [0.25, 0.3) is 0 Å². The highest BCUT2D eigenvalue weighted by atomic mass is 32.1. The average molecular weight is 258 g/mol. The molecule has 0 saturated carbocycles. The summed E-state index contributed by atoms with van der Waals surface area (Å²) in [5.41, 5.74) is 7.60. The van der Waals surface area contributed by atoms with Crippen molar-refractivity contribution < 1.29 is 0 Å². The number of aromatic nitrogens is 1. The molecule has 5 heteroatoms. The Labute approximate surface area is 110 Å². The van der Waals surface area contributed by atoms with Gasteiger partial charge in [-0.3, -0.25) is 0 Å². The monoisotopic (exact) mass is 258 g/mol. The molecular weight excluding hydrogens is 244 g/mol. The minimum Gasteiger partial charge on any atom is -0.396 e. The van der Waals surface area contributed by atoms with Gasteiger partial charge in [-0.15, -0.1) is 11.3 Å². The van der Waals surface area contributed by atoms with Gasteiger partial charge in [0.1, 0.15) is 11.9 Å². The fourth-order valence-corrected chi connectivity index (χ4v) is 2.57. The lowest BCUT2D eigenvalue weighted by atomic mass is 10.3. The van der Waals surface area contributed by atoms with Crippen molar-refractivity contribution in [2.45, 2.75) is 20.4 Å². The normalized spacial score (nSPS) is 10.1. The first kappa shape index (κ1) is 12.4. The molecule has 18 heavy (non-hydrogen) atoms. The van der Waals surface area contributed by atoms with E-state index in [-0.39, 0.29) is 5.69 Å². The predicted molar refractivity (Wildman–Crippen MR) is 74.5 cm³/mol. The van der Waals surface area contributed by atoms with Crippen molar-refractivity contribution in [1.82, 2.24) is 4.98 Å². The molecule has 0 radical (unpaired) electrons. The lowest BCUT2D eigenvalue weighted by molar-refractivity contribution is 1.13. The predicted octanol–water partition coefficient (Wildman–Crippen LogP) is 2.83. The Bertz CT molecular complexity index is 590. The highest BCUT2D eigenvalue weighted by Crippen LogP contribution is 2.21. The van der Waals surface area contributed by atoms with Gasteiger partial charge in [-0.25, -0.2) is 4.98 Å². The van der Waals surface area contributed by atoms with Crippen LogP contribution in [0.2, 0.25) is 0 Å². The van der Waals surface area contributed by atoms with Gasteiger partial charge in [0.2, 0.25) is 0 Å². The Hall–Kier alpha value is -2.06. The average Bonchev–Trinajstić information content (AvgIpc) is 2.68. The Morgan fingerprint density at radius 2 is 2.22 bits per heavy atom. The van der Waals surface area contributed by atoms with E-state index in [0.717, 1.165) is 0 Å². The summed E-state index contributed by atoms with van der Waals surface area (Å²) in [6.07, 6.45) is 0. The Balaban J connectivity index is 2.09. The van der Waals surface area contributed by atoms with E-state index in [0.29, 0.717) is 18.1 Å². The minimum atomic E-state index is 0.263. The van der Waals surface area contributed by atoms with Gasteiger partial charge in [0, 0.05) is 9.75 Å². The molecule has 0 unspecified atom stereocenters. The number of aryl methyl sites for hydroxylation is 2. The maximum absolute atomic E-state index is 8.85. The standard InChI is InChI=1S/C13H14N4S/c1-8-5-10(18-9(8)2)7-16-13-4-3-11(15)12(6-14)17-13/h3-5H,7,15H2,1-2H3,(H,16,17). The van der Waals surface area contributed by atoms with E-state index in [1.807, 2.05) is 6.07 Å². The smallest absolute Gasteiger partial charge is 0.165 e. The van der Waals surface area contributed by atoms with Gasteiger partial charge in [0.15, 0.2) is 5.69 Å². The quantitative estimate of drug-likeness (QED) is 0.887. The van der Waals surface area contributed by atoms with Crippen LogP contribution >= 0.6 is 11.3 Å². The van der Waals surface area contributed by atoms with Gasteiger partial charge in [0.25, 0.3) is 0 Å². The van der Waals surface area contributed by atoms with E-state index < -0.39 is 0 Å². The van der Waals surface area contributed by atoms with E-state index in [9.17, 15) is 0 Å². The molecular formula is C13H14N4S. The van der Waals surface area contributed by atoms with E-state index in [1.54, 1.807) is 23.5 Å². The van der Waals surface area contributed by atoms with E-state index in [4.69, 9.17) is 11.0 Å². The van der Waals surface area contributed by atoms with Gasteiger partial charge in [0.05, 0.1) is 12.2 Å². The van der Waals surface area contributed by atoms with Crippen LogP contribution in [0.4, 0.5) is 11.5 Å². The number of nitrogens with two attached hydrogens (primary N) is 1. The highest BCUT2D eigenvalue weighted by Gasteiger charge is 2.04. The van der Waals surface area contributed by atoms with Crippen molar-refractivity contribution in [3.63, 3.8) is 0 Å². The third-order valence-electron chi connectivity index (χ3n) is 2.69. The number of nitriles is 1. The Morgan fingerprint density at radius 3 is 2.83 bits per heavy atom. The highest BCUT2D eigenvalue weighted by molar-refractivity contribution is 7.12. The number of anilines is 2. The fraction of sp³-hybridized carbons (Fsp3) is 0.231. The van der Waals surface area contributed by atoms with E-state index >= 15 is 0 Å². The summed E-state index contributed by atoms with van der Waals surface area (Å²) in [5.74, 6) is 0.671. The molecule has 2 heterocycles. The maximum atomic E-state index is 8.85. The summed E-state index contributed by atoms with van der Waals surface area (Å²) in [7, 11) is 0. The van der Waals surface area contributed by atoms with Gasteiger partial charge >= 0.3 is 0 Å². The molecule has 0 spiro atoms. The maximum Gasteiger partial charge on any atom is 0.165 e. The van der Waals surface area contributed by atoms with Crippen LogP contribution < -0.4 is 11.1 Å². The van der Waals surface area contributed by atoms with Crippen molar-refractivity contribution in [1.29, 1.82) is 5.26 Å². The summed E-state index contributed by atoms with van der Waals surface area (Å²) in [5, 5.41) is 12.0. The second-order valence-electron chi connectivity index (χ2n) is 4.05. The lowest BCUT2D eigenvalue weighted by Crippen LogP contribution is -2.02. The zero-order chi connectivity index (χ0) is 13.1. The third-order valence-corrected chi connectivity index (χ3v) is 3.85. The zero-order valence-electron chi connectivity index (χ0n) is 10.3. The molecule has 2 rings (SSSR count). The van der Waals surface area contributed by atoms with Crippen molar-refractivity contribution in [3.8, 4) is 6.07 Å². The summed E-state index contributed by atoms with van der Waals surface area (Å²) < 4.78 is 0. The summed E-state index contributed by atoms with van der Waals surface area (Å²) in [6, 6.07) is 7.61. The molecule has 0 aromatic carbocycles. The molecule has 0 aliphatic rings. The molecule has 4 nitrogen and oxygen atoms in total. The van der Waals surface area contributed by atoms with Crippen LogP contribution in [-0.4, -0.2) is 4.98 Å². The van der Waals surface area contributed by atoms with Crippen LogP contribution in [0.1, 0.15) is 21.0 Å². The molecule has 2 aromatic heterocycles. The van der Waals surface area contributed by atoms with Crippen LogP contribution in [0.3, 0.4) is 0 Å². The molecule has 0 bridgehead atoms. The number of nitrogens with one attached hydrogen (secondary N) is 1. The van der Waals surface area contributed by atoms with Crippen LogP contribution in [0, 0.1) is 25.2 Å². The van der Waals surface area contributed by atoms with E-state index in [2.05, 4.69) is 30.2 Å². The first-order valence-electron chi connectivity index (χ1n) is 5.56. The molecule has 92 valence electrons. The van der Waals surface area contributed by atoms with Crippen LogP contribution in [-0.2, 0) is 6.54 Å². The van der Waals surface area contributed by atoms with Gasteiger partial charge in [-0.2, -0.15) is 5.26 Å². The lowest BCUT2D eigenvalue weighted by Gasteiger charge is -2.05. The van der Waals surface area contributed by atoms with Gasteiger partial charge in [-0.05, 0) is 37.6 Å². The molecule has 0 amide bonds. The molecule has 0 atom stereocenters. The van der Waals surface area contributed by atoms with Gasteiger partial charge in [-0.1, -0.05) is 0 Å². The van der Waals surface area contributed by atoms with Crippen molar-refractivity contribution in [2.75, 3.05) is 11.1 Å². The number of nitrogens with zero attached hydrogens (tertiary/aromatic N) is 2. The second-order valence-corrected chi connectivity index (χ2v) is 5.39. The molecule has 0 saturated heterocycles. The summed E-state index contributed by atoms with van der Waals surface area (Å²) in [6.45, 7) is 4.92. The number of hydrogen-bond donors (Lipinski definition) is 2. The number of rotatable bonds is 3. The third kappa shape index (κ3) is 2.60. The molecule has 0 fully saturated rings.